The van der Waals surface area contributed by atoms with Crippen LogP contribution in [0.4, 0.5) is 0 Å². The van der Waals surface area contributed by atoms with Gasteiger partial charge < -0.3 is 4.74 Å². The van der Waals surface area contributed by atoms with E-state index in [1.165, 1.54) is 24.8 Å². The van der Waals surface area contributed by atoms with Crippen molar-refractivity contribution in [3.63, 3.8) is 0 Å². The average Bonchev–Trinajstić information content (AvgIpc) is 2.47. The van der Waals surface area contributed by atoms with Gasteiger partial charge in [-0.15, -0.1) is 0 Å². The normalized spacial score (nSPS) is 10.7. The maximum Gasteiger partial charge on any atom is 0.132 e. The Morgan fingerprint density at radius 1 is 0.950 bits per heavy atom. The van der Waals surface area contributed by atoms with Crippen molar-refractivity contribution in [1.29, 1.82) is 0 Å². The molecule has 0 radical (unpaired) electrons. The average molecular weight is 276 g/mol. The summed E-state index contributed by atoms with van der Waals surface area (Å²) in [4.78, 5) is 11.3. The molecule has 20 heavy (non-hydrogen) atoms. The Kier molecular flexibility index (Phi) is 9.85. The van der Waals surface area contributed by atoms with Crippen LogP contribution in [0.25, 0.3) is 0 Å². The van der Waals surface area contributed by atoms with Gasteiger partial charge in [0, 0.05) is 19.4 Å². The van der Waals surface area contributed by atoms with Crippen LogP contribution in [0.2, 0.25) is 0 Å². The van der Waals surface area contributed by atoms with E-state index in [4.69, 9.17) is 4.74 Å². The lowest BCUT2D eigenvalue weighted by atomic mass is 10.1. The van der Waals surface area contributed by atoms with E-state index in [0.29, 0.717) is 12.4 Å². The van der Waals surface area contributed by atoms with Gasteiger partial charge in [-0.2, -0.15) is 0 Å². The first-order valence-corrected chi connectivity index (χ1v) is 7.96. The number of Topliss-reactive ketones (excluding diaryl/α,β-unsaturated/α-hetero) is 1. The van der Waals surface area contributed by atoms with Gasteiger partial charge in [0.05, 0.1) is 6.61 Å². The van der Waals surface area contributed by atoms with Crippen molar-refractivity contribution >= 4 is 5.78 Å². The molecule has 0 aliphatic heterocycles. The lowest BCUT2D eigenvalue weighted by molar-refractivity contribution is -0.119. The predicted molar refractivity (Wildman–Crippen MR) is 83.7 cm³/mol. The van der Waals surface area contributed by atoms with Gasteiger partial charge >= 0.3 is 0 Å². The molecule has 2 nitrogen and oxygen atoms in total. The van der Waals surface area contributed by atoms with E-state index in [0.717, 1.165) is 38.7 Å². The number of carbonyl (C=O) groups excluding carboxylic acids is 1. The molecule has 1 rings (SSSR count). The molecule has 0 saturated heterocycles. The quantitative estimate of drug-likeness (QED) is 0.507. The molecule has 0 atom stereocenters. The molecular formula is C18H28O2. The van der Waals surface area contributed by atoms with Crippen LogP contribution in [0.3, 0.4) is 0 Å². The van der Waals surface area contributed by atoms with Crippen LogP contribution >= 0.6 is 0 Å². The van der Waals surface area contributed by atoms with Gasteiger partial charge in [-0.05, 0) is 24.8 Å². The van der Waals surface area contributed by atoms with Crippen molar-refractivity contribution in [2.75, 3.05) is 6.61 Å². The highest BCUT2D eigenvalue weighted by Gasteiger charge is 1.99. The summed E-state index contributed by atoms with van der Waals surface area (Å²) >= 11 is 0. The summed E-state index contributed by atoms with van der Waals surface area (Å²) < 4.78 is 5.64. The molecular weight excluding hydrogens is 248 g/mol. The van der Waals surface area contributed by atoms with E-state index >= 15 is 0 Å². The van der Waals surface area contributed by atoms with E-state index in [9.17, 15) is 4.79 Å². The summed E-state index contributed by atoms with van der Waals surface area (Å²) in [5.74, 6) is 0.429. The zero-order valence-electron chi connectivity index (χ0n) is 12.8. The van der Waals surface area contributed by atoms with Crippen LogP contribution in [0.5, 0.6) is 0 Å². The van der Waals surface area contributed by atoms with Crippen molar-refractivity contribution in [2.24, 2.45) is 0 Å². The number of unbranched alkanes of at least 4 members (excludes halogenated alkanes) is 4. The van der Waals surface area contributed by atoms with Gasteiger partial charge in [-0.1, -0.05) is 56.5 Å². The fourth-order valence-corrected chi connectivity index (χ4v) is 2.22. The monoisotopic (exact) mass is 276 g/mol. The largest absolute Gasteiger partial charge is 0.377 e. The van der Waals surface area contributed by atoms with E-state index in [2.05, 4.69) is 19.1 Å². The molecule has 0 bridgehead atoms. The lowest BCUT2D eigenvalue weighted by Gasteiger charge is -2.04. The van der Waals surface area contributed by atoms with Gasteiger partial charge in [-0.25, -0.2) is 0 Å². The van der Waals surface area contributed by atoms with Gasteiger partial charge in [0.1, 0.15) is 5.78 Å². The second-order valence-corrected chi connectivity index (χ2v) is 5.34. The van der Waals surface area contributed by atoms with E-state index < -0.39 is 0 Å². The van der Waals surface area contributed by atoms with Gasteiger partial charge in [0.25, 0.3) is 0 Å². The number of benzene rings is 1. The topological polar surface area (TPSA) is 26.3 Å². The third-order valence-corrected chi connectivity index (χ3v) is 3.38. The maximum atomic E-state index is 11.3. The Morgan fingerprint density at radius 2 is 1.65 bits per heavy atom. The first-order chi connectivity index (χ1) is 9.83. The summed E-state index contributed by atoms with van der Waals surface area (Å²) in [5.41, 5.74) is 1.24. The van der Waals surface area contributed by atoms with Crippen molar-refractivity contribution in [3.8, 4) is 0 Å². The minimum absolute atomic E-state index is 0.429. The highest BCUT2D eigenvalue weighted by molar-refractivity contribution is 5.78. The molecule has 112 valence electrons. The van der Waals surface area contributed by atoms with Crippen LogP contribution < -0.4 is 0 Å². The van der Waals surface area contributed by atoms with E-state index in [1.807, 2.05) is 18.2 Å². The number of carbonyl (C=O) groups is 1. The van der Waals surface area contributed by atoms with Crippen LogP contribution in [0.15, 0.2) is 30.3 Å². The van der Waals surface area contributed by atoms with Gasteiger partial charge in [-0.3, -0.25) is 4.79 Å². The van der Waals surface area contributed by atoms with Gasteiger partial charge in [0.2, 0.25) is 0 Å². The second-order valence-electron chi connectivity index (χ2n) is 5.34. The molecule has 0 saturated carbocycles. The first-order valence-electron chi connectivity index (χ1n) is 7.96. The number of hydrogen-bond donors (Lipinski definition) is 0. The van der Waals surface area contributed by atoms with E-state index in [1.54, 1.807) is 0 Å². The molecule has 1 aromatic rings. The third-order valence-electron chi connectivity index (χ3n) is 3.38. The van der Waals surface area contributed by atoms with Crippen LogP contribution in [-0.2, 0) is 16.1 Å². The van der Waals surface area contributed by atoms with Crippen LogP contribution in [0.1, 0.15) is 63.9 Å². The Labute approximate surface area is 123 Å². The minimum atomic E-state index is 0.429. The lowest BCUT2D eigenvalue weighted by Crippen LogP contribution is -1.97. The molecule has 0 unspecified atom stereocenters. The fourth-order valence-electron chi connectivity index (χ4n) is 2.22. The molecule has 0 fully saturated rings. The summed E-state index contributed by atoms with van der Waals surface area (Å²) in [6, 6.07) is 10.3. The molecule has 0 aliphatic rings. The highest BCUT2D eigenvalue weighted by atomic mass is 16.5. The van der Waals surface area contributed by atoms with Crippen molar-refractivity contribution < 1.29 is 9.53 Å². The van der Waals surface area contributed by atoms with Crippen LogP contribution in [0, 0.1) is 0 Å². The maximum absolute atomic E-state index is 11.3. The summed E-state index contributed by atoms with van der Waals surface area (Å²) in [6.07, 6.45) is 8.29. The molecule has 1 aromatic carbocycles. The summed E-state index contributed by atoms with van der Waals surface area (Å²) in [6.45, 7) is 3.61. The predicted octanol–water partition coefficient (Wildman–Crippen LogP) is 4.91. The number of ketones is 1. The Balaban J connectivity index is 1.84. The SMILES string of the molecule is CCCC(=O)CCCCCCCOCc1ccccc1. The molecule has 0 aliphatic carbocycles. The number of hydrogen-bond acceptors (Lipinski definition) is 2. The molecule has 2 heteroatoms. The van der Waals surface area contributed by atoms with Crippen molar-refractivity contribution in [3.05, 3.63) is 35.9 Å². The van der Waals surface area contributed by atoms with Gasteiger partial charge in [0.15, 0.2) is 0 Å². The zero-order chi connectivity index (χ0) is 14.5. The Morgan fingerprint density at radius 3 is 2.40 bits per heavy atom. The Hall–Kier alpha value is -1.15. The molecule has 0 aromatic heterocycles. The third kappa shape index (κ3) is 8.87. The molecule has 0 heterocycles. The molecule has 0 spiro atoms. The number of ether oxygens (including phenoxy) is 1. The zero-order valence-corrected chi connectivity index (χ0v) is 12.8. The second kappa shape index (κ2) is 11.7. The van der Waals surface area contributed by atoms with Crippen molar-refractivity contribution in [1.82, 2.24) is 0 Å². The number of rotatable bonds is 12. The minimum Gasteiger partial charge on any atom is -0.377 e. The van der Waals surface area contributed by atoms with Crippen LogP contribution in [-0.4, -0.2) is 12.4 Å². The standard InChI is InChI=1S/C18H28O2/c1-2-11-18(19)14-9-4-3-5-10-15-20-16-17-12-7-6-8-13-17/h6-8,12-13H,2-5,9-11,14-16H2,1H3. The smallest absolute Gasteiger partial charge is 0.132 e. The summed E-state index contributed by atoms with van der Waals surface area (Å²) in [7, 11) is 0. The molecule has 0 N–H and O–H groups in total. The first kappa shape index (κ1) is 16.9. The molecule has 0 amide bonds. The highest BCUT2D eigenvalue weighted by Crippen LogP contribution is 2.08. The fraction of sp³-hybridized carbons (Fsp3) is 0.611. The summed E-state index contributed by atoms with van der Waals surface area (Å²) in [5, 5.41) is 0. The van der Waals surface area contributed by atoms with Crippen molar-refractivity contribution in [2.45, 2.75) is 64.9 Å². The van der Waals surface area contributed by atoms with E-state index in [-0.39, 0.29) is 0 Å². The Bertz CT molecular complexity index is 346.